The third kappa shape index (κ3) is 4.18. The highest BCUT2D eigenvalue weighted by Crippen LogP contribution is 2.35. The molecule has 0 aliphatic rings. The summed E-state index contributed by atoms with van der Waals surface area (Å²) in [7, 11) is 0. The van der Waals surface area contributed by atoms with E-state index in [1.807, 2.05) is 92.7 Å². The zero-order valence-corrected chi connectivity index (χ0v) is 19.8. The van der Waals surface area contributed by atoms with Crippen molar-refractivity contribution in [3.63, 3.8) is 0 Å². The van der Waals surface area contributed by atoms with Crippen molar-refractivity contribution in [3.05, 3.63) is 102 Å². The van der Waals surface area contributed by atoms with E-state index in [1.165, 1.54) is 11.3 Å². The lowest BCUT2D eigenvalue weighted by Gasteiger charge is -2.20. The molecule has 0 aliphatic heterocycles. The Morgan fingerprint density at radius 3 is 2.47 bits per heavy atom. The number of thiazole rings is 1. The third-order valence-corrected chi connectivity index (χ3v) is 6.61. The Balaban J connectivity index is 1.57. The van der Waals surface area contributed by atoms with Gasteiger partial charge in [-0.05, 0) is 43.7 Å². The molecule has 7 heteroatoms. The van der Waals surface area contributed by atoms with Gasteiger partial charge >= 0.3 is 0 Å². The molecule has 1 amide bonds. The first-order valence-electron chi connectivity index (χ1n) is 11.1. The molecule has 0 N–H and O–H groups in total. The van der Waals surface area contributed by atoms with E-state index in [-0.39, 0.29) is 5.91 Å². The summed E-state index contributed by atoms with van der Waals surface area (Å²) in [5, 5.41) is 5.13. The molecule has 0 unspecified atom stereocenters. The van der Waals surface area contributed by atoms with Crippen LogP contribution >= 0.6 is 11.3 Å². The molecule has 0 saturated heterocycles. The Morgan fingerprint density at radius 2 is 1.74 bits per heavy atom. The van der Waals surface area contributed by atoms with Crippen molar-refractivity contribution in [2.75, 3.05) is 11.5 Å². The van der Waals surface area contributed by atoms with Gasteiger partial charge in [0.15, 0.2) is 5.13 Å². The maximum atomic E-state index is 13.9. The SMILES string of the molecule is CCOc1cccc2sc(N(Cc3ccccc3)C(=O)c3cnn(-c4ccccc4)c3C)nc12. The topological polar surface area (TPSA) is 60.2 Å². The van der Waals surface area contributed by atoms with E-state index in [1.54, 1.807) is 15.8 Å². The lowest BCUT2D eigenvalue weighted by Crippen LogP contribution is -2.30. The van der Waals surface area contributed by atoms with Crippen molar-refractivity contribution in [3.8, 4) is 11.4 Å². The summed E-state index contributed by atoms with van der Waals surface area (Å²) in [4.78, 5) is 20.5. The van der Waals surface area contributed by atoms with Crippen LogP contribution < -0.4 is 9.64 Å². The first-order valence-corrected chi connectivity index (χ1v) is 12.0. The second-order valence-corrected chi connectivity index (χ2v) is 8.81. The van der Waals surface area contributed by atoms with Crippen molar-refractivity contribution in [2.24, 2.45) is 0 Å². The predicted octanol–water partition coefficient (Wildman–Crippen LogP) is 6.04. The van der Waals surface area contributed by atoms with E-state index >= 15 is 0 Å². The molecule has 6 nitrogen and oxygen atoms in total. The summed E-state index contributed by atoms with van der Waals surface area (Å²) in [6.45, 7) is 4.82. The molecule has 0 radical (unpaired) electrons. The number of para-hydroxylation sites is 2. The smallest absolute Gasteiger partial charge is 0.263 e. The van der Waals surface area contributed by atoms with Crippen LogP contribution in [0, 0.1) is 6.92 Å². The first-order chi connectivity index (χ1) is 16.7. The average molecular weight is 469 g/mol. The Morgan fingerprint density at radius 1 is 1.00 bits per heavy atom. The molecule has 5 rings (SSSR count). The van der Waals surface area contributed by atoms with Gasteiger partial charge in [0.25, 0.3) is 5.91 Å². The van der Waals surface area contributed by atoms with Gasteiger partial charge in [0, 0.05) is 0 Å². The molecule has 0 atom stereocenters. The number of fused-ring (bicyclic) bond motifs is 1. The summed E-state index contributed by atoms with van der Waals surface area (Å²) in [6.07, 6.45) is 1.64. The highest BCUT2D eigenvalue weighted by molar-refractivity contribution is 7.22. The zero-order chi connectivity index (χ0) is 23.5. The molecular weight excluding hydrogens is 444 g/mol. The fourth-order valence-corrected chi connectivity index (χ4v) is 4.87. The second-order valence-electron chi connectivity index (χ2n) is 7.80. The molecule has 0 bridgehead atoms. The van der Waals surface area contributed by atoms with Gasteiger partial charge in [-0.2, -0.15) is 5.10 Å². The zero-order valence-electron chi connectivity index (χ0n) is 19.0. The van der Waals surface area contributed by atoms with Gasteiger partial charge in [-0.25, -0.2) is 9.67 Å². The van der Waals surface area contributed by atoms with Gasteiger partial charge in [0.05, 0.1) is 41.0 Å². The van der Waals surface area contributed by atoms with E-state index < -0.39 is 0 Å². The number of nitrogens with zero attached hydrogens (tertiary/aromatic N) is 4. The second kappa shape index (κ2) is 9.49. The molecule has 2 aromatic heterocycles. The Labute approximate surface area is 202 Å². The van der Waals surface area contributed by atoms with Crippen LogP contribution in [0.4, 0.5) is 5.13 Å². The van der Waals surface area contributed by atoms with E-state index in [0.29, 0.717) is 23.8 Å². The number of amides is 1. The minimum Gasteiger partial charge on any atom is -0.492 e. The van der Waals surface area contributed by atoms with E-state index in [0.717, 1.165) is 32.9 Å². The van der Waals surface area contributed by atoms with Crippen LogP contribution in [0.2, 0.25) is 0 Å². The number of carbonyl (C=O) groups excluding carboxylic acids is 1. The highest BCUT2D eigenvalue weighted by atomic mass is 32.1. The maximum Gasteiger partial charge on any atom is 0.263 e. The summed E-state index contributed by atoms with van der Waals surface area (Å²) in [5.74, 6) is 0.586. The van der Waals surface area contributed by atoms with Crippen LogP contribution in [0.1, 0.15) is 28.5 Å². The molecule has 34 heavy (non-hydrogen) atoms. The van der Waals surface area contributed by atoms with Gasteiger partial charge in [0.2, 0.25) is 0 Å². The van der Waals surface area contributed by atoms with Crippen molar-refractivity contribution < 1.29 is 9.53 Å². The van der Waals surface area contributed by atoms with Gasteiger partial charge in [-0.3, -0.25) is 9.69 Å². The van der Waals surface area contributed by atoms with Crippen LogP contribution in [0.3, 0.4) is 0 Å². The normalized spacial score (nSPS) is 11.0. The van der Waals surface area contributed by atoms with Gasteiger partial charge in [-0.1, -0.05) is 65.9 Å². The number of benzene rings is 3. The Hall–Kier alpha value is -3.97. The maximum absolute atomic E-state index is 13.9. The fourth-order valence-electron chi connectivity index (χ4n) is 3.89. The number of anilines is 1. The quantitative estimate of drug-likeness (QED) is 0.292. The summed E-state index contributed by atoms with van der Waals surface area (Å²) < 4.78 is 8.54. The highest BCUT2D eigenvalue weighted by Gasteiger charge is 2.26. The number of carbonyl (C=O) groups is 1. The number of aromatic nitrogens is 3. The van der Waals surface area contributed by atoms with E-state index in [4.69, 9.17) is 9.72 Å². The largest absolute Gasteiger partial charge is 0.492 e. The summed E-state index contributed by atoms with van der Waals surface area (Å²) >= 11 is 1.48. The molecule has 0 fully saturated rings. The van der Waals surface area contributed by atoms with Crippen LogP contribution in [0.5, 0.6) is 5.75 Å². The molecule has 5 aromatic rings. The Kier molecular flexibility index (Phi) is 6.10. The number of hydrogen-bond donors (Lipinski definition) is 0. The average Bonchev–Trinajstić information content (AvgIpc) is 3.48. The number of ether oxygens (including phenoxy) is 1. The van der Waals surface area contributed by atoms with Gasteiger partial charge in [0.1, 0.15) is 11.3 Å². The van der Waals surface area contributed by atoms with Crippen LogP contribution in [0.15, 0.2) is 85.1 Å². The lowest BCUT2D eigenvalue weighted by atomic mass is 10.2. The molecule has 3 aromatic carbocycles. The van der Waals surface area contributed by atoms with Gasteiger partial charge < -0.3 is 4.74 Å². The molecule has 0 aliphatic carbocycles. The third-order valence-electron chi connectivity index (χ3n) is 5.57. The van der Waals surface area contributed by atoms with Crippen LogP contribution in [-0.2, 0) is 6.54 Å². The van der Waals surface area contributed by atoms with Crippen molar-refractivity contribution in [1.29, 1.82) is 0 Å². The van der Waals surface area contributed by atoms with E-state index in [2.05, 4.69) is 5.10 Å². The molecular formula is C27H24N4O2S. The van der Waals surface area contributed by atoms with Crippen LogP contribution in [-0.4, -0.2) is 27.3 Å². The summed E-state index contributed by atoms with van der Waals surface area (Å²) in [6, 6.07) is 25.6. The van der Waals surface area contributed by atoms with Crippen molar-refractivity contribution in [1.82, 2.24) is 14.8 Å². The number of hydrogen-bond acceptors (Lipinski definition) is 5. The first kappa shape index (κ1) is 21.9. The summed E-state index contributed by atoms with van der Waals surface area (Å²) in [5.41, 5.74) is 4.03. The van der Waals surface area contributed by atoms with Gasteiger partial charge in [-0.15, -0.1) is 0 Å². The standard InChI is InChI=1S/C27H24N4O2S/c1-3-33-23-15-10-16-24-25(23)29-27(34-24)30(18-20-11-6-4-7-12-20)26(32)22-17-28-31(19(22)2)21-13-8-5-9-14-21/h4-17H,3,18H2,1-2H3. The number of rotatable bonds is 7. The monoisotopic (exact) mass is 468 g/mol. The van der Waals surface area contributed by atoms with E-state index in [9.17, 15) is 4.79 Å². The minimum atomic E-state index is -0.138. The molecule has 0 spiro atoms. The predicted molar refractivity (Wildman–Crippen MR) is 136 cm³/mol. The lowest BCUT2D eigenvalue weighted by molar-refractivity contribution is 0.0984. The molecule has 2 heterocycles. The fraction of sp³-hybridized carbons (Fsp3) is 0.148. The van der Waals surface area contributed by atoms with Crippen LogP contribution in [0.25, 0.3) is 15.9 Å². The van der Waals surface area contributed by atoms with Crippen molar-refractivity contribution >= 4 is 32.6 Å². The molecule has 170 valence electrons. The minimum absolute atomic E-state index is 0.138. The van der Waals surface area contributed by atoms with Crippen molar-refractivity contribution in [2.45, 2.75) is 20.4 Å². The Bertz CT molecular complexity index is 1430. The molecule has 0 saturated carbocycles.